The van der Waals surface area contributed by atoms with Crippen molar-refractivity contribution in [2.24, 2.45) is 5.73 Å². The maximum Gasteiger partial charge on any atom is 1.00 e. The van der Waals surface area contributed by atoms with Crippen LogP contribution in [0.3, 0.4) is 0 Å². The van der Waals surface area contributed by atoms with Crippen molar-refractivity contribution in [1.82, 2.24) is 4.72 Å². The van der Waals surface area contributed by atoms with Crippen LogP contribution in [0.2, 0.25) is 0 Å². The third kappa shape index (κ3) is 8.74. The maximum absolute atomic E-state index is 10.6. The average molecular weight is 192 g/mol. The Labute approximate surface area is 90.7 Å². The van der Waals surface area contributed by atoms with E-state index in [1.54, 1.807) is 6.92 Å². The van der Waals surface area contributed by atoms with Gasteiger partial charge in [0.15, 0.2) is 0 Å². The number of hydrogen-bond acceptors (Lipinski definition) is 4. The van der Waals surface area contributed by atoms with E-state index in [9.17, 15) is 8.42 Å². The molecule has 0 fully saturated rings. The fraction of sp³-hybridized carbons (Fsp3) is 1.00. The van der Waals surface area contributed by atoms with Crippen LogP contribution in [0.1, 0.15) is 8.35 Å². The number of nitrogens with one attached hydrogen (secondary N) is 1. The smallest absolute Gasteiger partial charge is 1.00 e. The van der Waals surface area contributed by atoms with Gasteiger partial charge in [0, 0.05) is 13.1 Å². The van der Waals surface area contributed by atoms with Crippen LogP contribution < -0.4 is 40.0 Å². The second kappa shape index (κ2) is 7.48. The van der Waals surface area contributed by atoms with Crippen LogP contribution in [-0.2, 0) is 14.5 Å². The topological polar surface area (TPSA) is 81.4 Å². The Morgan fingerprint density at radius 2 is 2.18 bits per heavy atom. The van der Waals surface area contributed by atoms with Crippen LogP contribution in [0, 0.1) is 0 Å². The van der Waals surface area contributed by atoms with E-state index in [1.807, 2.05) is 0 Å². The molecule has 0 aromatic carbocycles. The summed E-state index contributed by atoms with van der Waals surface area (Å²) in [6.07, 6.45) is 0. The second-order valence-corrected chi connectivity index (χ2v) is 2.98. The monoisotopic (exact) mass is 192 g/mol. The quantitative estimate of drug-likeness (QED) is 0.434. The normalized spacial score (nSPS) is 10.7. The van der Waals surface area contributed by atoms with Gasteiger partial charge in [-0.1, -0.05) is 0 Å². The van der Waals surface area contributed by atoms with Crippen molar-refractivity contribution in [3.63, 3.8) is 0 Å². The molecular formula is C4H13N2NaO3S. The molecule has 0 aromatic heterocycles. The first-order valence-corrected chi connectivity index (χ1v) is 4.37. The molecule has 0 radical (unpaired) electrons. The third-order valence-corrected chi connectivity index (χ3v) is 1.80. The van der Waals surface area contributed by atoms with Crippen LogP contribution in [0.5, 0.6) is 0 Å². The molecule has 0 heterocycles. The Balaban J connectivity index is -0.000000405. The summed E-state index contributed by atoms with van der Waals surface area (Å²) in [6, 6.07) is 0. The average Bonchev–Trinajstić information content (AvgIpc) is 1.84. The Kier molecular flexibility index (Phi) is 9.76. The molecular weight excluding hydrogens is 179 g/mol. The van der Waals surface area contributed by atoms with E-state index in [-0.39, 0.29) is 50.7 Å². The molecule has 11 heavy (non-hydrogen) atoms. The minimum Gasteiger partial charge on any atom is -1.00 e. The molecule has 0 rings (SSSR count). The SMILES string of the molecule is CCOS(=O)(=O)NCCN.[H-].[Na+]. The standard InChI is InChI=1S/C4H12N2O3S.Na.H/c1-2-9-10(7,8)6-4-3-5;;/h6H,2-5H2,1H3;;/q;+1;-1. The van der Waals surface area contributed by atoms with Gasteiger partial charge in [0.25, 0.3) is 0 Å². The second-order valence-electron chi connectivity index (χ2n) is 1.54. The molecule has 0 spiro atoms. The summed E-state index contributed by atoms with van der Waals surface area (Å²) in [4.78, 5) is 0. The summed E-state index contributed by atoms with van der Waals surface area (Å²) < 4.78 is 27.7. The predicted molar refractivity (Wildman–Crippen MR) is 38.7 cm³/mol. The molecule has 0 bridgehead atoms. The van der Waals surface area contributed by atoms with Gasteiger partial charge >= 0.3 is 39.9 Å². The van der Waals surface area contributed by atoms with Gasteiger partial charge in [-0.2, -0.15) is 13.1 Å². The summed E-state index contributed by atoms with van der Waals surface area (Å²) in [6.45, 7) is 2.22. The molecule has 0 aliphatic rings. The van der Waals surface area contributed by atoms with Gasteiger partial charge in [-0.25, -0.2) is 0 Å². The van der Waals surface area contributed by atoms with E-state index < -0.39 is 10.3 Å². The fourth-order valence-electron chi connectivity index (χ4n) is 0.381. The van der Waals surface area contributed by atoms with Crippen LogP contribution in [0.25, 0.3) is 0 Å². The van der Waals surface area contributed by atoms with Gasteiger partial charge in [-0.15, -0.1) is 0 Å². The fourth-order valence-corrected chi connectivity index (χ4v) is 1.14. The van der Waals surface area contributed by atoms with E-state index in [0.717, 1.165) is 0 Å². The maximum atomic E-state index is 10.6. The summed E-state index contributed by atoms with van der Waals surface area (Å²) >= 11 is 0. The number of hydrogen-bond donors (Lipinski definition) is 2. The molecule has 0 saturated carbocycles. The zero-order valence-electron chi connectivity index (χ0n) is 7.83. The van der Waals surface area contributed by atoms with Crippen molar-refractivity contribution >= 4 is 10.3 Å². The number of nitrogens with two attached hydrogens (primary N) is 1. The van der Waals surface area contributed by atoms with Gasteiger partial charge in [-0.05, 0) is 6.92 Å². The van der Waals surface area contributed by atoms with Crippen LogP contribution in [0.15, 0.2) is 0 Å². The molecule has 3 N–H and O–H groups in total. The minimum absolute atomic E-state index is 0. The summed E-state index contributed by atoms with van der Waals surface area (Å²) in [5, 5.41) is 0. The van der Waals surface area contributed by atoms with E-state index in [1.165, 1.54) is 0 Å². The Bertz CT molecular complexity index is 175. The predicted octanol–water partition coefficient (Wildman–Crippen LogP) is -4.07. The molecule has 7 heteroatoms. The van der Waals surface area contributed by atoms with Gasteiger partial charge in [0.05, 0.1) is 6.61 Å². The van der Waals surface area contributed by atoms with Crippen molar-refractivity contribution in [1.29, 1.82) is 0 Å². The zero-order chi connectivity index (χ0) is 8.04. The van der Waals surface area contributed by atoms with Gasteiger partial charge in [-0.3, -0.25) is 4.18 Å². The molecule has 64 valence electrons. The van der Waals surface area contributed by atoms with Crippen LogP contribution >= 0.6 is 0 Å². The summed E-state index contributed by atoms with van der Waals surface area (Å²) in [5.74, 6) is 0. The van der Waals surface area contributed by atoms with Gasteiger partial charge in [0.1, 0.15) is 0 Å². The van der Waals surface area contributed by atoms with E-state index >= 15 is 0 Å². The first-order chi connectivity index (χ1) is 4.62. The van der Waals surface area contributed by atoms with Crippen LogP contribution in [0.4, 0.5) is 0 Å². The largest absolute Gasteiger partial charge is 1.00 e. The molecule has 0 unspecified atom stereocenters. The Morgan fingerprint density at radius 1 is 1.64 bits per heavy atom. The molecule has 5 nitrogen and oxygen atoms in total. The van der Waals surface area contributed by atoms with Crippen molar-refractivity contribution in [2.75, 3.05) is 19.7 Å². The zero-order valence-corrected chi connectivity index (χ0v) is 9.65. The third-order valence-electron chi connectivity index (χ3n) is 0.696. The molecule has 0 saturated heterocycles. The molecule has 0 aliphatic carbocycles. The minimum atomic E-state index is -3.52. The molecule has 0 aromatic rings. The molecule has 0 atom stereocenters. The number of rotatable bonds is 5. The Morgan fingerprint density at radius 3 is 2.55 bits per heavy atom. The van der Waals surface area contributed by atoms with Crippen molar-refractivity contribution in [3.8, 4) is 0 Å². The van der Waals surface area contributed by atoms with E-state index in [4.69, 9.17) is 5.73 Å². The van der Waals surface area contributed by atoms with E-state index in [2.05, 4.69) is 8.91 Å². The molecule has 0 amide bonds. The summed E-state index contributed by atoms with van der Waals surface area (Å²) in [5.41, 5.74) is 5.05. The summed E-state index contributed by atoms with van der Waals surface area (Å²) in [7, 11) is -3.52. The first kappa shape index (κ1) is 14.4. The van der Waals surface area contributed by atoms with Gasteiger partial charge in [0.2, 0.25) is 0 Å². The van der Waals surface area contributed by atoms with E-state index in [0.29, 0.717) is 0 Å². The van der Waals surface area contributed by atoms with Crippen molar-refractivity contribution in [3.05, 3.63) is 0 Å². The van der Waals surface area contributed by atoms with Crippen molar-refractivity contribution < 1.29 is 43.6 Å². The van der Waals surface area contributed by atoms with Crippen molar-refractivity contribution in [2.45, 2.75) is 6.92 Å². The Hall–Kier alpha value is 0.830. The molecule has 0 aliphatic heterocycles. The van der Waals surface area contributed by atoms with Gasteiger partial charge < -0.3 is 7.16 Å². The van der Waals surface area contributed by atoms with Crippen LogP contribution in [-0.4, -0.2) is 28.1 Å². The first-order valence-electron chi connectivity index (χ1n) is 2.96.